The van der Waals surface area contributed by atoms with E-state index in [1.807, 2.05) is 12.1 Å². The Morgan fingerprint density at radius 2 is 2.24 bits per heavy atom. The molecule has 2 aromatic rings. The predicted octanol–water partition coefficient (Wildman–Crippen LogP) is 3.47. The zero-order chi connectivity index (χ0) is 15.2. The Kier molecular flexibility index (Phi) is 5.05. The molecule has 1 heterocycles. The van der Waals surface area contributed by atoms with Crippen molar-refractivity contribution in [1.29, 1.82) is 0 Å². The Labute approximate surface area is 127 Å². The maximum absolute atomic E-state index is 11.0. The van der Waals surface area contributed by atoms with E-state index < -0.39 is 5.97 Å². The van der Waals surface area contributed by atoms with Gasteiger partial charge in [-0.2, -0.15) is 0 Å². The van der Waals surface area contributed by atoms with E-state index in [1.165, 1.54) is 11.9 Å². The Bertz CT molecular complexity index is 647. The number of carbonyl (C=O) groups is 1. The summed E-state index contributed by atoms with van der Waals surface area (Å²) in [7, 11) is 1.56. The van der Waals surface area contributed by atoms with Gasteiger partial charge in [0.2, 0.25) is 5.88 Å². The number of methoxy groups -OCH3 is 1. The van der Waals surface area contributed by atoms with Gasteiger partial charge in [-0.15, -0.1) is 0 Å². The zero-order valence-electron chi connectivity index (χ0n) is 11.8. The molecule has 0 fully saturated rings. The van der Waals surface area contributed by atoms with Crippen LogP contribution in [0.3, 0.4) is 0 Å². The van der Waals surface area contributed by atoms with Crippen molar-refractivity contribution < 1.29 is 14.6 Å². The molecule has 21 heavy (non-hydrogen) atoms. The first-order valence-corrected chi connectivity index (χ1v) is 7.24. The second-order valence-electron chi connectivity index (χ2n) is 4.29. The van der Waals surface area contributed by atoms with Crippen LogP contribution >= 0.6 is 11.9 Å². The second-order valence-corrected chi connectivity index (χ2v) is 5.17. The highest BCUT2D eigenvalue weighted by Gasteiger charge is 2.07. The molecule has 0 spiro atoms. The van der Waals surface area contributed by atoms with Crippen molar-refractivity contribution in [3.63, 3.8) is 0 Å². The Hall–Kier alpha value is -2.21. The molecule has 2 N–H and O–H groups in total. The van der Waals surface area contributed by atoms with Crippen LogP contribution in [0.4, 0.5) is 5.69 Å². The number of carboxylic acids is 1. The summed E-state index contributed by atoms with van der Waals surface area (Å²) in [6, 6.07) is 8.70. The van der Waals surface area contributed by atoms with Crippen molar-refractivity contribution in [2.75, 3.05) is 11.8 Å². The summed E-state index contributed by atoms with van der Waals surface area (Å²) in [4.78, 5) is 16.0. The smallest absolute Gasteiger partial charge is 0.335 e. The summed E-state index contributed by atoms with van der Waals surface area (Å²) in [5, 5.41) is 8.99. The first kappa shape index (κ1) is 15.2. The van der Waals surface area contributed by atoms with Crippen molar-refractivity contribution in [3.05, 3.63) is 47.7 Å². The molecular weight excluding hydrogens is 288 g/mol. The average Bonchev–Trinajstić information content (AvgIpc) is 2.52. The molecule has 6 heteroatoms. The van der Waals surface area contributed by atoms with Crippen LogP contribution < -0.4 is 9.46 Å². The molecular formula is C15H16N2O3S. The monoisotopic (exact) mass is 304 g/mol. The maximum Gasteiger partial charge on any atom is 0.335 e. The lowest BCUT2D eigenvalue weighted by Gasteiger charge is -2.11. The summed E-state index contributed by atoms with van der Waals surface area (Å²) in [5.41, 5.74) is 2.12. The standard InChI is InChI=1S/C15H16N2O3S/c1-3-10-7-13(14(20-2)16-9-10)17-21-12-6-4-5-11(8-12)15(18)19/h4-9,17H,3H2,1-2H3,(H,18,19). The third-order valence-corrected chi connectivity index (χ3v) is 3.68. The fraction of sp³-hybridized carbons (Fsp3) is 0.200. The number of hydrogen-bond donors (Lipinski definition) is 2. The van der Waals surface area contributed by atoms with Gasteiger partial charge in [-0.05, 0) is 48.2 Å². The van der Waals surface area contributed by atoms with Gasteiger partial charge in [-0.3, -0.25) is 0 Å². The molecule has 0 unspecified atom stereocenters. The van der Waals surface area contributed by atoms with Crippen molar-refractivity contribution >= 4 is 23.6 Å². The number of pyridine rings is 1. The van der Waals surface area contributed by atoms with Crippen molar-refractivity contribution in [3.8, 4) is 5.88 Å². The fourth-order valence-corrected chi connectivity index (χ4v) is 2.44. The number of rotatable bonds is 6. The van der Waals surface area contributed by atoms with Gasteiger partial charge in [-0.25, -0.2) is 9.78 Å². The third-order valence-electron chi connectivity index (χ3n) is 2.87. The Morgan fingerprint density at radius 3 is 2.90 bits per heavy atom. The Balaban J connectivity index is 2.15. The van der Waals surface area contributed by atoms with Crippen LogP contribution in [0, 0.1) is 0 Å². The quantitative estimate of drug-likeness (QED) is 0.796. The van der Waals surface area contributed by atoms with Crippen LogP contribution in [0.1, 0.15) is 22.8 Å². The molecule has 1 aromatic carbocycles. The lowest BCUT2D eigenvalue weighted by molar-refractivity contribution is 0.0696. The third kappa shape index (κ3) is 3.88. The van der Waals surface area contributed by atoms with Gasteiger partial charge in [0.1, 0.15) is 5.69 Å². The number of nitrogens with zero attached hydrogens (tertiary/aromatic N) is 1. The summed E-state index contributed by atoms with van der Waals surface area (Å²) < 4.78 is 8.37. The minimum Gasteiger partial charge on any atom is -0.480 e. The lowest BCUT2D eigenvalue weighted by Crippen LogP contribution is -1.98. The van der Waals surface area contributed by atoms with Crippen molar-refractivity contribution in [2.24, 2.45) is 0 Å². The van der Waals surface area contributed by atoms with Crippen LogP contribution in [0.15, 0.2) is 41.4 Å². The normalized spacial score (nSPS) is 10.2. The second kappa shape index (κ2) is 6.99. The summed E-state index contributed by atoms with van der Waals surface area (Å²) in [6.45, 7) is 2.05. The average molecular weight is 304 g/mol. The van der Waals surface area contributed by atoms with Gasteiger partial charge in [0.15, 0.2) is 0 Å². The summed E-state index contributed by atoms with van der Waals surface area (Å²) in [6.07, 6.45) is 2.66. The highest BCUT2D eigenvalue weighted by atomic mass is 32.2. The minimum atomic E-state index is -0.940. The highest BCUT2D eigenvalue weighted by molar-refractivity contribution is 8.00. The molecule has 0 aliphatic rings. The number of aromatic carboxylic acids is 1. The molecule has 0 saturated carbocycles. The highest BCUT2D eigenvalue weighted by Crippen LogP contribution is 2.28. The first-order chi connectivity index (χ1) is 10.1. The van der Waals surface area contributed by atoms with E-state index in [9.17, 15) is 4.79 Å². The van der Waals surface area contributed by atoms with Crippen LogP contribution in [-0.4, -0.2) is 23.2 Å². The summed E-state index contributed by atoms with van der Waals surface area (Å²) >= 11 is 1.32. The van der Waals surface area contributed by atoms with Gasteiger partial charge in [-0.1, -0.05) is 13.0 Å². The van der Waals surface area contributed by atoms with Crippen molar-refractivity contribution in [2.45, 2.75) is 18.2 Å². The predicted molar refractivity (Wildman–Crippen MR) is 83.0 cm³/mol. The van der Waals surface area contributed by atoms with Gasteiger partial charge in [0, 0.05) is 11.1 Å². The minimum absolute atomic E-state index is 0.259. The number of anilines is 1. The molecule has 5 nitrogen and oxygen atoms in total. The molecule has 2 rings (SSSR count). The Morgan fingerprint density at radius 1 is 1.43 bits per heavy atom. The summed E-state index contributed by atoms with van der Waals surface area (Å²) in [5.74, 6) is -0.432. The number of aryl methyl sites for hydroxylation is 1. The van der Waals surface area contributed by atoms with Crippen LogP contribution in [0.25, 0.3) is 0 Å². The van der Waals surface area contributed by atoms with Gasteiger partial charge in [0.25, 0.3) is 0 Å². The number of aromatic nitrogens is 1. The van der Waals surface area contributed by atoms with Crippen LogP contribution in [0.5, 0.6) is 5.88 Å². The van der Waals surface area contributed by atoms with Gasteiger partial charge < -0.3 is 14.6 Å². The zero-order valence-corrected chi connectivity index (χ0v) is 12.6. The molecule has 110 valence electrons. The van der Waals surface area contributed by atoms with E-state index >= 15 is 0 Å². The van der Waals surface area contributed by atoms with E-state index in [1.54, 1.807) is 31.5 Å². The molecule has 0 atom stereocenters. The van der Waals surface area contributed by atoms with Gasteiger partial charge >= 0.3 is 5.97 Å². The fourth-order valence-electron chi connectivity index (χ4n) is 1.73. The van der Waals surface area contributed by atoms with Gasteiger partial charge in [0.05, 0.1) is 12.7 Å². The topological polar surface area (TPSA) is 71.5 Å². The first-order valence-electron chi connectivity index (χ1n) is 6.43. The maximum atomic E-state index is 11.0. The number of ether oxygens (including phenoxy) is 1. The van der Waals surface area contributed by atoms with Crippen LogP contribution in [-0.2, 0) is 6.42 Å². The molecule has 0 aliphatic carbocycles. The van der Waals surface area contributed by atoms with Crippen molar-refractivity contribution in [1.82, 2.24) is 4.98 Å². The van der Waals surface area contributed by atoms with E-state index in [4.69, 9.17) is 9.84 Å². The largest absolute Gasteiger partial charge is 0.480 e. The molecule has 0 aliphatic heterocycles. The molecule has 1 aromatic heterocycles. The molecule has 0 bridgehead atoms. The van der Waals surface area contributed by atoms with E-state index in [2.05, 4.69) is 16.6 Å². The SMILES string of the molecule is CCc1cnc(OC)c(NSc2cccc(C(=O)O)c2)c1. The number of carboxylic acid groups (broad SMARTS) is 1. The number of nitrogens with one attached hydrogen (secondary N) is 1. The van der Waals surface area contributed by atoms with E-state index in [0.29, 0.717) is 5.88 Å². The number of hydrogen-bond acceptors (Lipinski definition) is 5. The molecule has 0 amide bonds. The number of benzene rings is 1. The van der Waals surface area contributed by atoms with E-state index in [0.717, 1.165) is 22.6 Å². The molecule has 0 saturated heterocycles. The molecule has 0 radical (unpaired) electrons. The van der Waals surface area contributed by atoms with E-state index in [-0.39, 0.29) is 5.56 Å². The lowest BCUT2D eigenvalue weighted by atomic mass is 10.2. The van der Waals surface area contributed by atoms with Crippen LogP contribution in [0.2, 0.25) is 0 Å².